The second-order valence-corrected chi connectivity index (χ2v) is 5.85. The molecule has 0 aromatic heterocycles. The molecule has 10 heteroatoms. The standard InChI is InChI=1S/C17H25F3N4O2.HI/c1-5-21-16(23-10-15(25)24(3)4)22-9-13-7-6-12(2)8-14(13)26-11-17(18,19)20;/h6-8H,5,9-11H2,1-4H3,(H2,21,22,23);1H. The van der Waals surface area contributed by atoms with E-state index < -0.39 is 12.8 Å². The molecule has 0 radical (unpaired) electrons. The SMILES string of the molecule is CCNC(=NCc1ccc(C)cc1OCC(F)(F)F)NCC(=O)N(C)C.I. The molecule has 0 saturated heterocycles. The summed E-state index contributed by atoms with van der Waals surface area (Å²) < 4.78 is 42.2. The summed E-state index contributed by atoms with van der Waals surface area (Å²) in [7, 11) is 3.29. The molecule has 0 spiro atoms. The van der Waals surface area contributed by atoms with Crippen LogP contribution >= 0.6 is 24.0 Å². The van der Waals surface area contributed by atoms with Gasteiger partial charge in [0.2, 0.25) is 5.91 Å². The Bertz CT molecular complexity index is 637. The number of likely N-dealkylation sites (N-methyl/N-ethyl adjacent to an activating group) is 1. The second-order valence-electron chi connectivity index (χ2n) is 5.85. The Labute approximate surface area is 174 Å². The van der Waals surface area contributed by atoms with Crippen molar-refractivity contribution in [1.82, 2.24) is 15.5 Å². The summed E-state index contributed by atoms with van der Waals surface area (Å²) in [4.78, 5) is 17.4. The maximum Gasteiger partial charge on any atom is 0.422 e. The van der Waals surface area contributed by atoms with Crippen molar-refractivity contribution in [1.29, 1.82) is 0 Å². The van der Waals surface area contributed by atoms with Crippen molar-refractivity contribution < 1.29 is 22.7 Å². The lowest BCUT2D eigenvalue weighted by molar-refractivity contribution is -0.153. The number of halogens is 4. The zero-order chi connectivity index (χ0) is 19.7. The third-order valence-electron chi connectivity index (χ3n) is 3.27. The van der Waals surface area contributed by atoms with Gasteiger partial charge in [-0.1, -0.05) is 12.1 Å². The van der Waals surface area contributed by atoms with Gasteiger partial charge in [0.1, 0.15) is 5.75 Å². The molecule has 1 aromatic rings. The molecular weight excluding hydrogens is 476 g/mol. The van der Waals surface area contributed by atoms with Crippen LogP contribution in [0.3, 0.4) is 0 Å². The lowest BCUT2D eigenvalue weighted by Gasteiger charge is -2.15. The Balaban J connectivity index is 0.00000676. The van der Waals surface area contributed by atoms with Crippen molar-refractivity contribution in [3.05, 3.63) is 29.3 Å². The first-order valence-electron chi connectivity index (χ1n) is 8.13. The number of ether oxygens (including phenoxy) is 1. The molecule has 0 atom stereocenters. The van der Waals surface area contributed by atoms with Crippen molar-refractivity contribution in [2.24, 2.45) is 4.99 Å². The van der Waals surface area contributed by atoms with Crippen LogP contribution in [-0.2, 0) is 11.3 Å². The van der Waals surface area contributed by atoms with Crippen LogP contribution in [0, 0.1) is 6.92 Å². The molecule has 1 aromatic carbocycles. The van der Waals surface area contributed by atoms with E-state index in [0.717, 1.165) is 5.56 Å². The minimum atomic E-state index is -4.41. The van der Waals surface area contributed by atoms with Crippen LogP contribution in [0.1, 0.15) is 18.1 Å². The zero-order valence-electron chi connectivity index (χ0n) is 15.8. The Hall–Kier alpha value is -1.72. The molecule has 0 unspecified atom stereocenters. The fraction of sp³-hybridized carbons (Fsp3) is 0.529. The maximum absolute atomic E-state index is 12.4. The van der Waals surface area contributed by atoms with Gasteiger partial charge in [0.25, 0.3) is 0 Å². The van der Waals surface area contributed by atoms with Crippen molar-refractivity contribution in [2.75, 3.05) is 33.8 Å². The van der Waals surface area contributed by atoms with Gasteiger partial charge in [-0.3, -0.25) is 4.79 Å². The normalized spacial score (nSPS) is 11.4. The number of hydrogen-bond acceptors (Lipinski definition) is 3. The third kappa shape index (κ3) is 10.3. The van der Waals surface area contributed by atoms with Crippen LogP contribution in [0.4, 0.5) is 13.2 Å². The number of rotatable bonds is 7. The largest absolute Gasteiger partial charge is 0.484 e. The van der Waals surface area contributed by atoms with Crippen molar-refractivity contribution in [2.45, 2.75) is 26.6 Å². The van der Waals surface area contributed by atoms with Crippen LogP contribution < -0.4 is 15.4 Å². The first-order chi connectivity index (χ1) is 12.1. The number of guanidine groups is 1. The average molecular weight is 502 g/mol. The number of nitrogens with one attached hydrogen (secondary N) is 2. The van der Waals surface area contributed by atoms with Crippen LogP contribution in [0.5, 0.6) is 5.75 Å². The minimum absolute atomic E-state index is 0. The van der Waals surface area contributed by atoms with E-state index in [2.05, 4.69) is 15.6 Å². The summed E-state index contributed by atoms with van der Waals surface area (Å²) in [6, 6.07) is 5.01. The van der Waals surface area contributed by atoms with Crippen LogP contribution in [0.25, 0.3) is 0 Å². The number of aryl methyl sites for hydroxylation is 1. The van der Waals surface area contributed by atoms with E-state index in [1.54, 1.807) is 39.2 Å². The Morgan fingerprint density at radius 2 is 1.93 bits per heavy atom. The summed E-state index contributed by atoms with van der Waals surface area (Å²) in [6.07, 6.45) is -4.41. The maximum atomic E-state index is 12.4. The molecule has 0 bridgehead atoms. The predicted molar refractivity (Wildman–Crippen MR) is 110 cm³/mol. The van der Waals surface area contributed by atoms with E-state index in [4.69, 9.17) is 4.74 Å². The highest BCUT2D eigenvalue weighted by Crippen LogP contribution is 2.24. The van der Waals surface area contributed by atoms with E-state index >= 15 is 0 Å². The lowest BCUT2D eigenvalue weighted by Crippen LogP contribution is -2.42. The van der Waals surface area contributed by atoms with Gasteiger partial charge in [-0.15, -0.1) is 24.0 Å². The van der Waals surface area contributed by atoms with Crippen LogP contribution in [0.2, 0.25) is 0 Å². The molecule has 2 N–H and O–H groups in total. The van der Waals surface area contributed by atoms with Crippen LogP contribution in [-0.4, -0.2) is 56.7 Å². The lowest BCUT2D eigenvalue weighted by atomic mass is 10.1. The molecule has 1 rings (SSSR count). The predicted octanol–water partition coefficient (Wildman–Crippen LogP) is 2.70. The highest BCUT2D eigenvalue weighted by Gasteiger charge is 2.28. The second kappa shape index (κ2) is 11.9. The first kappa shape index (κ1) is 25.3. The Morgan fingerprint density at radius 1 is 1.26 bits per heavy atom. The number of amides is 1. The van der Waals surface area contributed by atoms with Gasteiger partial charge in [-0.25, -0.2) is 4.99 Å². The average Bonchev–Trinajstić information content (AvgIpc) is 2.55. The van der Waals surface area contributed by atoms with E-state index in [0.29, 0.717) is 18.1 Å². The minimum Gasteiger partial charge on any atom is -0.484 e. The number of carbonyl (C=O) groups is 1. The number of aliphatic imine (C=N–C) groups is 1. The fourth-order valence-corrected chi connectivity index (χ4v) is 1.91. The number of carbonyl (C=O) groups excluding carboxylic acids is 1. The molecule has 6 nitrogen and oxygen atoms in total. The van der Waals surface area contributed by atoms with Gasteiger partial charge in [0.15, 0.2) is 12.6 Å². The molecule has 0 saturated carbocycles. The molecule has 27 heavy (non-hydrogen) atoms. The van der Waals surface area contributed by atoms with E-state index in [-0.39, 0.29) is 48.7 Å². The number of hydrogen-bond donors (Lipinski definition) is 2. The number of nitrogens with zero attached hydrogens (tertiary/aromatic N) is 2. The topological polar surface area (TPSA) is 66.0 Å². The van der Waals surface area contributed by atoms with E-state index in [1.807, 2.05) is 6.92 Å². The van der Waals surface area contributed by atoms with E-state index in [9.17, 15) is 18.0 Å². The van der Waals surface area contributed by atoms with Gasteiger partial charge in [-0.05, 0) is 25.5 Å². The number of benzene rings is 1. The molecule has 1 amide bonds. The Morgan fingerprint density at radius 3 is 2.48 bits per heavy atom. The van der Waals surface area contributed by atoms with Gasteiger partial charge < -0.3 is 20.3 Å². The van der Waals surface area contributed by atoms with Crippen LogP contribution in [0.15, 0.2) is 23.2 Å². The molecule has 0 aliphatic heterocycles. The quantitative estimate of drug-likeness (QED) is 0.342. The third-order valence-corrected chi connectivity index (χ3v) is 3.27. The first-order valence-corrected chi connectivity index (χ1v) is 8.13. The monoisotopic (exact) mass is 502 g/mol. The molecular formula is C17H26F3IN4O2. The molecule has 0 heterocycles. The summed E-state index contributed by atoms with van der Waals surface area (Å²) in [6.45, 7) is 3.03. The van der Waals surface area contributed by atoms with Crippen molar-refractivity contribution >= 4 is 35.8 Å². The van der Waals surface area contributed by atoms with Crippen molar-refractivity contribution in [3.8, 4) is 5.75 Å². The summed E-state index contributed by atoms with van der Waals surface area (Å²) >= 11 is 0. The summed E-state index contributed by atoms with van der Waals surface area (Å²) in [5, 5.41) is 5.87. The van der Waals surface area contributed by atoms with E-state index in [1.165, 1.54) is 4.90 Å². The van der Waals surface area contributed by atoms with Gasteiger partial charge in [0.05, 0.1) is 13.1 Å². The summed E-state index contributed by atoms with van der Waals surface area (Å²) in [5.41, 5.74) is 1.31. The molecule has 0 aliphatic carbocycles. The van der Waals surface area contributed by atoms with Crippen molar-refractivity contribution in [3.63, 3.8) is 0 Å². The number of alkyl halides is 3. The highest BCUT2D eigenvalue weighted by molar-refractivity contribution is 14.0. The smallest absolute Gasteiger partial charge is 0.422 e. The van der Waals surface area contributed by atoms with Gasteiger partial charge in [0, 0.05) is 26.2 Å². The Kier molecular flexibility index (Phi) is 11.1. The van der Waals surface area contributed by atoms with Gasteiger partial charge >= 0.3 is 6.18 Å². The highest BCUT2D eigenvalue weighted by atomic mass is 127. The molecule has 0 aliphatic rings. The van der Waals surface area contributed by atoms with Gasteiger partial charge in [-0.2, -0.15) is 13.2 Å². The molecule has 154 valence electrons. The molecule has 0 fully saturated rings. The fourth-order valence-electron chi connectivity index (χ4n) is 1.91. The summed E-state index contributed by atoms with van der Waals surface area (Å²) in [5.74, 6) is 0.413. The zero-order valence-corrected chi connectivity index (χ0v) is 18.1.